The van der Waals surface area contributed by atoms with E-state index in [2.05, 4.69) is 15.3 Å². The lowest BCUT2D eigenvalue weighted by Crippen LogP contribution is -2.29. The minimum Gasteiger partial charge on any atom is -0.333 e. The Labute approximate surface area is 140 Å². The largest absolute Gasteiger partial charge is 0.333 e. The zero-order valence-electron chi connectivity index (χ0n) is 13.8. The van der Waals surface area contributed by atoms with Gasteiger partial charge in [-0.25, -0.2) is 9.97 Å². The molecule has 24 heavy (non-hydrogen) atoms. The third-order valence-electron chi connectivity index (χ3n) is 4.23. The van der Waals surface area contributed by atoms with Crippen molar-refractivity contribution in [3.05, 3.63) is 53.6 Å². The Hall–Kier alpha value is -2.76. The van der Waals surface area contributed by atoms with Gasteiger partial charge in [0.2, 0.25) is 5.91 Å². The fourth-order valence-electron chi connectivity index (χ4n) is 3.00. The predicted octanol–water partition coefficient (Wildman–Crippen LogP) is 2.72. The Bertz CT molecular complexity index is 761. The van der Waals surface area contributed by atoms with E-state index >= 15 is 0 Å². The number of nitrogens with zero attached hydrogens (tertiary/aromatic N) is 3. The summed E-state index contributed by atoms with van der Waals surface area (Å²) >= 11 is 0. The summed E-state index contributed by atoms with van der Waals surface area (Å²) in [5.74, 6) is 0.404. The number of anilines is 1. The topological polar surface area (TPSA) is 75.2 Å². The van der Waals surface area contributed by atoms with Gasteiger partial charge < -0.3 is 10.2 Å². The van der Waals surface area contributed by atoms with E-state index in [0.717, 1.165) is 25.1 Å². The normalized spacial score (nSPS) is 16.9. The summed E-state index contributed by atoms with van der Waals surface area (Å²) in [4.78, 5) is 34.7. The summed E-state index contributed by atoms with van der Waals surface area (Å²) < 4.78 is 0. The molecule has 6 nitrogen and oxygen atoms in total. The summed E-state index contributed by atoms with van der Waals surface area (Å²) in [5, 5.41) is 2.83. The number of para-hydroxylation sites is 1. The van der Waals surface area contributed by atoms with Gasteiger partial charge in [-0.05, 0) is 31.9 Å². The summed E-state index contributed by atoms with van der Waals surface area (Å²) in [6.07, 6.45) is 3.35. The Morgan fingerprint density at radius 3 is 2.67 bits per heavy atom. The highest BCUT2D eigenvalue weighted by atomic mass is 16.2. The van der Waals surface area contributed by atoms with Gasteiger partial charge in [-0.15, -0.1) is 0 Å². The highest BCUT2D eigenvalue weighted by molar-refractivity contribution is 6.04. The molecule has 1 fully saturated rings. The standard InChI is InChI=1S/C18H20N4O2/c1-12-15(18(24)21-14-7-4-3-5-8-14)11-19-17(20-12)16-9-6-10-22(16)13(2)23/h3-5,7-8,11,16H,6,9-10H2,1-2H3,(H,21,24)/t16-/m1/s1. The average Bonchev–Trinajstić information content (AvgIpc) is 3.05. The Morgan fingerprint density at radius 1 is 1.25 bits per heavy atom. The molecule has 1 N–H and O–H groups in total. The maximum absolute atomic E-state index is 12.4. The fraction of sp³-hybridized carbons (Fsp3) is 0.333. The van der Waals surface area contributed by atoms with Crippen LogP contribution in [0.3, 0.4) is 0 Å². The Balaban J connectivity index is 1.80. The van der Waals surface area contributed by atoms with Crippen LogP contribution in [0.25, 0.3) is 0 Å². The summed E-state index contributed by atoms with van der Waals surface area (Å²) in [5.41, 5.74) is 1.78. The van der Waals surface area contributed by atoms with E-state index in [0.29, 0.717) is 17.1 Å². The molecule has 0 unspecified atom stereocenters. The first-order valence-electron chi connectivity index (χ1n) is 8.03. The molecule has 124 valence electrons. The SMILES string of the molecule is CC(=O)N1CCC[C@@H]1c1ncc(C(=O)Nc2ccccc2)c(C)n1. The predicted molar refractivity (Wildman–Crippen MR) is 90.5 cm³/mol. The van der Waals surface area contributed by atoms with Gasteiger partial charge in [-0.2, -0.15) is 0 Å². The molecule has 0 saturated carbocycles. The van der Waals surface area contributed by atoms with Crippen LogP contribution in [-0.2, 0) is 4.79 Å². The molecule has 1 aliphatic rings. The first kappa shape index (κ1) is 16.1. The molecule has 0 spiro atoms. The van der Waals surface area contributed by atoms with Gasteiger partial charge in [0.15, 0.2) is 5.82 Å². The second kappa shape index (κ2) is 6.78. The van der Waals surface area contributed by atoms with Gasteiger partial charge >= 0.3 is 0 Å². The van der Waals surface area contributed by atoms with Crippen molar-refractivity contribution < 1.29 is 9.59 Å². The van der Waals surface area contributed by atoms with Crippen molar-refractivity contribution >= 4 is 17.5 Å². The number of benzene rings is 1. The van der Waals surface area contributed by atoms with Gasteiger partial charge in [0.25, 0.3) is 5.91 Å². The molecule has 0 aliphatic carbocycles. The van der Waals surface area contributed by atoms with Gasteiger partial charge in [-0.1, -0.05) is 18.2 Å². The maximum Gasteiger partial charge on any atom is 0.259 e. The third kappa shape index (κ3) is 3.27. The number of aryl methyl sites for hydroxylation is 1. The number of hydrogen-bond acceptors (Lipinski definition) is 4. The summed E-state index contributed by atoms with van der Waals surface area (Å²) in [6.45, 7) is 4.09. The molecule has 1 atom stereocenters. The first-order chi connectivity index (χ1) is 11.6. The number of nitrogens with one attached hydrogen (secondary N) is 1. The molecule has 6 heteroatoms. The minimum atomic E-state index is -0.236. The van der Waals surface area contributed by atoms with E-state index in [1.54, 1.807) is 24.9 Å². The van der Waals surface area contributed by atoms with Crippen molar-refractivity contribution in [3.63, 3.8) is 0 Å². The van der Waals surface area contributed by atoms with Gasteiger partial charge in [0.05, 0.1) is 17.3 Å². The van der Waals surface area contributed by atoms with E-state index in [1.165, 1.54) is 0 Å². The monoisotopic (exact) mass is 324 g/mol. The summed E-state index contributed by atoms with van der Waals surface area (Å²) in [7, 11) is 0. The molecule has 1 aromatic carbocycles. The molecule has 1 saturated heterocycles. The van der Waals surface area contributed by atoms with Crippen LogP contribution in [0.4, 0.5) is 5.69 Å². The average molecular weight is 324 g/mol. The van der Waals surface area contributed by atoms with Gasteiger partial charge in [0.1, 0.15) is 0 Å². The number of amides is 2. The minimum absolute atomic E-state index is 0.0321. The second-order valence-corrected chi connectivity index (χ2v) is 5.92. The number of likely N-dealkylation sites (tertiary alicyclic amines) is 1. The van der Waals surface area contributed by atoms with Crippen LogP contribution in [0.1, 0.15) is 47.7 Å². The number of rotatable bonds is 3. The molecule has 2 amide bonds. The van der Waals surface area contributed by atoms with E-state index in [4.69, 9.17) is 0 Å². The highest BCUT2D eigenvalue weighted by Crippen LogP contribution is 2.30. The lowest BCUT2D eigenvalue weighted by molar-refractivity contribution is -0.129. The molecule has 2 heterocycles. The molecule has 1 aromatic heterocycles. The Kier molecular flexibility index (Phi) is 4.55. The van der Waals surface area contributed by atoms with Crippen molar-refractivity contribution in [3.8, 4) is 0 Å². The zero-order chi connectivity index (χ0) is 17.1. The Morgan fingerprint density at radius 2 is 2.00 bits per heavy atom. The third-order valence-corrected chi connectivity index (χ3v) is 4.23. The molecular formula is C18H20N4O2. The highest BCUT2D eigenvalue weighted by Gasteiger charge is 2.30. The van der Waals surface area contributed by atoms with Gasteiger partial charge in [0, 0.05) is 25.4 Å². The number of aromatic nitrogens is 2. The van der Waals surface area contributed by atoms with E-state index in [1.807, 2.05) is 30.3 Å². The molecule has 1 aliphatic heterocycles. The first-order valence-corrected chi connectivity index (χ1v) is 8.03. The number of carbonyl (C=O) groups excluding carboxylic acids is 2. The van der Waals surface area contributed by atoms with Crippen molar-refractivity contribution in [1.82, 2.24) is 14.9 Å². The van der Waals surface area contributed by atoms with Crippen LogP contribution in [0.5, 0.6) is 0 Å². The lowest BCUT2D eigenvalue weighted by Gasteiger charge is -2.22. The van der Waals surface area contributed by atoms with Crippen LogP contribution in [0.15, 0.2) is 36.5 Å². The van der Waals surface area contributed by atoms with Crippen LogP contribution in [-0.4, -0.2) is 33.2 Å². The maximum atomic E-state index is 12.4. The lowest BCUT2D eigenvalue weighted by atomic mass is 10.1. The summed E-state index contributed by atoms with van der Waals surface area (Å²) in [6, 6.07) is 9.17. The van der Waals surface area contributed by atoms with E-state index in [-0.39, 0.29) is 17.9 Å². The number of hydrogen-bond donors (Lipinski definition) is 1. The van der Waals surface area contributed by atoms with Crippen LogP contribution < -0.4 is 5.32 Å². The molecule has 3 rings (SSSR count). The van der Waals surface area contributed by atoms with Crippen molar-refractivity contribution in [1.29, 1.82) is 0 Å². The molecule has 0 radical (unpaired) electrons. The zero-order valence-corrected chi connectivity index (χ0v) is 13.8. The van der Waals surface area contributed by atoms with Crippen LogP contribution >= 0.6 is 0 Å². The molecule has 2 aromatic rings. The second-order valence-electron chi connectivity index (χ2n) is 5.92. The van der Waals surface area contributed by atoms with Crippen molar-refractivity contribution in [2.45, 2.75) is 32.7 Å². The smallest absolute Gasteiger partial charge is 0.259 e. The van der Waals surface area contributed by atoms with Gasteiger partial charge in [-0.3, -0.25) is 9.59 Å². The molecular weight excluding hydrogens is 304 g/mol. The fourth-order valence-corrected chi connectivity index (χ4v) is 3.00. The number of carbonyl (C=O) groups is 2. The molecule has 0 bridgehead atoms. The van der Waals surface area contributed by atoms with E-state index < -0.39 is 0 Å². The van der Waals surface area contributed by atoms with Crippen molar-refractivity contribution in [2.75, 3.05) is 11.9 Å². The van der Waals surface area contributed by atoms with Crippen LogP contribution in [0.2, 0.25) is 0 Å². The van der Waals surface area contributed by atoms with Crippen molar-refractivity contribution in [2.24, 2.45) is 0 Å². The quantitative estimate of drug-likeness (QED) is 0.942. The van der Waals surface area contributed by atoms with Crippen LogP contribution in [0, 0.1) is 6.92 Å². The van der Waals surface area contributed by atoms with E-state index in [9.17, 15) is 9.59 Å².